The molecule has 410 valence electrons. The van der Waals surface area contributed by atoms with E-state index in [1.165, 1.54) is 23.5 Å². The molecule has 0 atom stereocenters. The van der Waals surface area contributed by atoms with Gasteiger partial charge in [-0.2, -0.15) is 29.8 Å². The fourth-order valence-corrected chi connectivity index (χ4v) is 13.7. The molecule has 0 aliphatic carbocycles. The van der Waals surface area contributed by atoms with E-state index in [1.807, 2.05) is 55.4 Å². The number of nitrogens with zero attached hydrogens (tertiary/aromatic N) is 6. The molecule has 0 bridgehead atoms. The smallest absolute Gasteiger partial charge is 0.295 e. The predicted molar refractivity (Wildman–Crippen MR) is 287 cm³/mol. The number of sulfonamides is 1. The quantitative estimate of drug-likeness (QED) is 0.00782. The lowest BCUT2D eigenvalue weighted by molar-refractivity contribution is -0.438. The van der Waals surface area contributed by atoms with Crippen LogP contribution in [0.2, 0.25) is 0 Å². The van der Waals surface area contributed by atoms with Gasteiger partial charge >= 0.3 is 0 Å². The van der Waals surface area contributed by atoms with Gasteiger partial charge in [0.25, 0.3) is 30.4 Å². The van der Waals surface area contributed by atoms with Crippen LogP contribution in [0.5, 0.6) is 0 Å². The van der Waals surface area contributed by atoms with Gasteiger partial charge in [-0.15, -0.1) is 9.43 Å². The molecule has 0 saturated heterocycles. The maximum atomic E-state index is 14.2. The van der Waals surface area contributed by atoms with Crippen molar-refractivity contribution in [1.29, 1.82) is 0 Å². The second-order valence-corrected chi connectivity index (χ2v) is 26.4. The van der Waals surface area contributed by atoms with E-state index in [2.05, 4.69) is 25.0 Å². The normalized spacial score (nSPS) is 16.3. The largest absolute Gasteiger partial charge is 0.356 e. The first-order valence-electron chi connectivity index (χ1n) is 23.9. The Morgan fingerprint density at radius 2 is 1.55 bits per heavy atom. The van der Waals surface area contributed by atoms with Crippen molar-refractivity contribution >= 4 is 97.0 Å². The zero-order chi connectivity index (χ0) is 55.4. The van der Waals surface area contributed by atoms with Gasteiger partial charge in [0.05, 0.1) is 27.2 Å². The first kappa shape index (κ1) is 58.3. The predicted octanol–water partition coefficient (Wildman–Crippen LogP) is 6.59. The van der Waals surface area contributed by atoms with Crippen LogP contribution >= 0.6 is 12.0 Å². The molecule has 1 amide bonds. The zero-order valence-electron chi connectivity index (χ0n) is 42.2. The maximum Gasteiger partial charge on any atom is 0.295 e. The van der Waals surface area contributed by atoms with Crippen molar-refractivity contribution in [3.63, 3.8) is 0 Å². The molecule has 3 heterocycles. The highest BCUT2D eigenvalue weighted by Crippen LogP contribution is 2.52. The number of hydrogen-bond acceptors (Lipinski definition) is 16. The lowest BCUT2D eigenvalue weighted by Gasteiger charge is -2.27. The third-order valence-electron chi connectivity index (χ3n) is 13.4. The molecule has 0 spiro atoms. The summed E-state index contributed by atoms with van der Waals surface area (Å²) in [5.41, 5.74) is 2.29. The van der Waals surface area contributed by atoms with E-state index in [9.17, 15) is 52.1 Å². The SMILES string of the molecule is CN(CCCC(=O)NCCCn1ccnn1)S(=O)(=O)c1cccc2c3c(ccc12)N(CCCS(=O)(=O)O)C(=CC=CC=CC1=[N+](CCCSOOO)c2ccc4c(S(=O)(=O)O)cc(S(=O)(=O)O)cc4c2C1(C)C)C3(C)C. The van der Waals surface area contributed by atoms with Gasteiger partial charge in [0.15, 0.2) is 5.71 Å². The van der Waals surface area contributed by atoms with E-state index in [0.29, 0.717) is 77.7 Å². The van der Waals surface area contributed by atoms with Crippen molar-refractivity contribution in [2.45, 2.75) is 91.9 Å². The lowest BCUT2D eigenvalue weighted by atomic mass is 9.79. The number of nitrogens with one attached hydrogen (secondary N) is 1. The Balaban J connectivity index is 1.19. The fraction of sp³-hybridized carbons (Fsp3) is 0.388. The maximum absolute atomic E-state index is 14.2. The molecule has 0 radical (unpaired) electrons. The molecule has 76 heavy (non-hydrogen) atoms. The topological polar surface area (TPSA) is 305 Å². The molecular weight excluding hydrogens is 1090 g/mol. The molecule has 4 aromatic carbocycles. The summed E-state index contributed by atoms with van der Waals surface area (Å²) in [5.74, 6) is -0.336. The van der Waals surface area contributed by atoms with Crippen LogP contribution in [-0.2, 0) is 71.9 Å². The molecule has 27 heteroatoms. The minimum atomic E-state index is -4.97. The fourth-order valence-electron chi connectivity index (χ4n) is 10.1. The van der Waals surface area contributed by atoms with Gasteiger partial charge in [-0.1, -0.05) is 60.5 Å². The number of carbonyl (C=O) groups is 1. The number of amides is 1. The van der Waals surface area contributed by atoms with Crippen molar-refractivity contribution in [2.24, 2.45) is 0 Å². The Morgan fingerprint density at radius 1 is 0.816 bits per heavy atom. The number of benzene rings is 4. The molecule has 1 aromatic heterocycles. The summed E-state index contributed by atoms with van der Waals surface area (Å²) in [6.45, 7) is 9.30. The summed E-state index contributed by atoms with van der Waals surface area (Å²) < 4.78 is 142. The van der Waals surface area contributed by atoms with Crippen LogP contribution in [0.15, 0.2) is 118 Å². The Morgan fingerprint density at radius 3 is 2.24 bits per heavy atom. The summed E-state index contributed by atoms with van der Waals surface area (Å²) in [6.07, 6.45) is 13.9. The van der Waals surface area contributed by atoms with Gasteiger partial charge in [-0.25, -0.2) is 18.0 Å². The monoisotopic (exact) mass is 1150 g/mol. The average molecular weight is 1150 g/mol. The highest BCUT2D eigenvalue weighted by atomic mass is 32.2. The Hall–Kier alpha value is -5.43. The molecule has 0 saturated carbocycles. The molecule has 5 aromatic rings. The average Bonchev–Trinajstić information content (AvgIpc) is 4.00. The van der Waals surface area contributed by atoms with Gasteiger partial charge in [0, 0.05) is 115 Å². The minimum absolute atomic E-state index is 0.0304. The van der Waals surface area contributed by atoms with Gasteiger partial charge in [0.2, 0.25) is 21.6 Å². The van der Waals surface area contributed by atoms with Crippen LogP contribution in [0.4, 0.5) is 11.4 Å². The number of hydrogen-bond donors (Lipinski definition) is 5. The number of anilines is 1. The Labute approximate surface area is 446 Å². The zero-order valence-corrected chi connectivity index (χ0v) is 46.3. The van der Waals surface area contributed by atoms with E-state index in [-0.39, 0.29) is 53.9 Å². The second-order valence-electron chi connectivity index (χ2n) is 19.2. The summed E-state index contributed by atoms with van der Waals surface area (Å²) in [4.78, 5) is 13.2. The molecule has 7 rings (SSSR count). The van der Waals surface area contributed by atoms with E-state index < -0.39 is 66.8 Å². The number of aromatic nitrogens is 3. The third kappa shape index (κ3) is 12.8. The van der Waals surface area contributed by atoms with Crippen molar-refractivity contribution in [2.75, 3.05) is 49.6 Å². The first-order valence-corrected chi connectivity index (χ1v) is 30.8. The summed E-state index contributed by atoms with van der Waals surface area (Å²) in [6, 6.07) is 13.6. The molecule has 2 aliphatic rings. The summed E-state index contributed by atoms with van der Waals surface area (Å²) in [5, 5.41) is 24.2. The van der Waals surface area contributed by atoms with Crippen molar-refractivity contribution < 1.29 is 71.3 Å². The third-order valence-corrected chi connectivity index (χ3v) is 18.5. The first-order chi connectivity index (χ1) is 35.7. The number of rotatable bonds is 25. The second kappa shape index (κ2) is 23.3. The minimum Gasteiger partial charge on any atom is -0.356 e. The van der Waals surface area contributed by atoms with E-state index in [1.54, 1.807) is 65.6 Å². The van der Waals surface area contributed by atoms with Gasteiger partial charge in [-0.05, 0) is 85.9 Å². The van der Waals surface area contributed by atoms with Gasteiger partial charge in [0.1, 0.15) is 11.4 Å². The summed E-state index contributed by atoms with van der Waals surface area (Å²) in [7, 11) is -16.8. The van der Waals surface area contributed by atoms with Crippen LogP contribution in [0.1, 0.15) is 70.9 Å². The van der Waals surface area contributed by atoms with E-state index in [0.717, 1.165) is 23.3 Å². The van der Waals surface area contributed by atoms with Crippen molar-refractivity contribution in [1.82, 2.24) is 24.6 Å². The van der Waals surface area contributed by atoms with E-state index >= 15 is 0 Å². The van der Waals surface area contributed by atoms with Crippen LogP contribution in [0.3, 0.4) is 0 Å². The number of aryl methyl sites for hydroxylation is 1. The number of carbonyl (C=O) groups excluding carboxylic acids is 1. The molecular formula is C49H60N7O15S5+. The standard InChI is InChI=1S/C49H59N7O15S5/c1-48(2)43(16-7-6-8-17-44-49(3,4)47-38-32-34(75(64,65)66)33-42(76(67,68)69)36(38)20-22-40(47)55(44)27-12-30-72-71-70-58)56(28-13-31-73(59,60)61)39-21-19-35-37(46(39)48)14-9-15-41(35)74(62,63)53(5)25-10-18-45(57)50-23-11-26-54-29-24-51-52-54/h6-9,14-17,19-22,24,29,32-33H,10-13,18,23,25-28,30-31H2,1-5H3,(H4-,50,57,58,59,60,61,64,65,66,67,68,69)/p+1. The molecule has 0 fully saturated rings. The van der Waals surface area contributed by atoms with Crippen LogP contribution < -0.4 is 10.2 Å². The van der Waals surface area contributed by atoms with Crippen molar-refractivity contribution in [3.8, 4) is 0 Å². The Bertz CT molecular complexity index is 3620. The molecule has 5 N–H and O–H groups in total. The lowest BCUT2D eigenvalue weighted by Crippen LogP contribution is -2.30. The molecule has 0 unspecified atom stereocenters. The van der Waals surface area contributed by atoms with Crippen LogP contribution in [-0.4, -0.2) is 133 Å². The number of fused-ring (bicyclic) bond motifs is 6. The van der Waals surface area contributed by atoms with Crippen molar-refractivity contribution in [3.05, 3.63) is 114 Å². The van der Waals surface area contributed by atoms with Gasteiger partial charge < -0.3 is 10.2 Å². The van der Waals surface area contributed by atoms with Gasteiger partial charge in [-0.3, -0.25) is 23.1 Å². The number of allylic oxidation sites excluding steroid dienone is 6. The molecule has 2 aliphatic heterocycles. The van der Waals surface area contributed by atoms with Crippen LogP contribution in [0, 0.1) is 0 Å². The highest BCUT2D eigenvalue weighted by molar-refractivity contribution is 7.94. The molecule has 22 nitrogen and oxygen atoms in total. The van der Waals surface area contributed by atoms with Crippen LogP contribution in [0.25, 0.3) is 21.5 Å². The van der Waals surface area contributed by atoms with E-state index in [4.69, 9.17) is 5.26 Å². The summed E-state index contributed by atoms with van der Waals surface area (Å²) >= 11 is 0.856. The highest BCUT2D eigenvalue weighted by Gasteiger charge is 2.46. The Kier molecular flexibility index (Phi) is 17.8.